The molecule has 1 fully saturated rings. The number of benzene rings is 1. The minimum absolute atomic E-state index is 0.198. The van der Waals surface area contributed by atoms with Gasteiger partial charge >= 0.3 is 0 Å². The number of likely N-dealkylation sites (tertiary alicyclic amines) is 1. The first-order valence-corrected chi connectivity index (χ1v) is 8.12. The Hall–Kier alpha value is -1.36. The molecule has 0 aliphatic carbocycles. The highest BCUT2D eigenvalue weighted by molar-refractivity contribution is 6.30. The molecule has 4 nitrogen and oxygen atoms in total. The number of hydrogen-bond donors (Lipinski definition) is 1. The largest absolute Gasteiger partial charge is 0.439 e. The Labute approximate surface area is 135 Å². The Morgan fingerprint density at radius 1 is 1.32 bits per heavy atom. The van der Waals surface area contributed by atoms with Gasteiger partial charge in [-0.15, -0.1) is 0 Å². The minimum Gasteiger partial charge on any atom is -0.439 e. The number of aromatic nitrogens is 1. The van der Waals surface area contributed by atoms with Gasteiger partial charge in [-0.2, -0.15) is 0 Å². The molecule has 1 unspecified atom stereocenters. The molecule has 1 saturated heterocycles. The normalized spacial score (nSPS) is 19.5. The Morgan fingerprint density at radius 2 is 2.09 bits per heavy atom. The van der Waals surface area contributed by atoms with Crippen LogP contribution in [-0.2, 0) is 6.54 Å². The summed E-state index contributed by atoms with van der Waals surface area (Å²) < 4.78 is 5.96. The van der Waals surface area contributed by atoms with Crippen molar-refractivity contribution in [3.8, 4) is 11.3 Å². The Kier molecular flexibility index (Phi) is 4.81. The standard InChI is InChI=1S/C17H21ClN2O2/c1-12-17(13-5-7-14(18)8-6-13)22-16(19-12)10-20-9-3-2-4-15(20)11-21/h5-8,15,21H,2-4,9-11H2,1H3. The van der Waals surface area contributed by atoms with Crippen molar-refractivity contribution in [2.24, 2.45) is 0 Å². The summed E-state index contributed by atoms with van der Waals surface area (Å²) in [5, 5.41) is 10.2. The van der Waals surface area contributed by atoms with Gasteiger partial charge in [0.1, 0.15) is 0 Å². The number of aliphatic hydroxyl groups excluding tert-OH is 1. The predicted molar refractivity (Wildman–Crippen MR) is 86.8 cm³/mol. The molecule has 3 rings (SSSR count). The second kappa shape index (κ2) is 6.82. The number of piperidine rings is 1. The van der Waals surface area contributed by atoms with E-state index >= 15 is 0 Å². The van der Waals surface area contributed by atoms with Gasteiger partial charge < -0.3 is 9.52 Å². The van der Waals surface area contributed by atoms with Crippen molar-refractivity contribution < 1.29 is 9.52 Å². The summed E-state index contributed by atoms with van der Waals surface area (Å²) in [4.78, 5) is 6.81. The second-order valence-corrected chi connectivity index (χ2v) is 6.27. The van der Waals surface area contributed by atoms with Crippen LogP contribution in [0.5, 0.6) is 0 Å². The van der Waals surface area contributed by atoms with Crippen LogP contribution in [0.25, 0.3) is 11.3 Å². The molecule has 2 aromatic rings. The van der Waals surface area contributed by atoms with E-state index in [0.717, 1.165) is 30.0 Å². The van der Waals surface area contributed by atoms with Gasteiger partial charge in [-0.3, -0.25) is 4.90 Å². The maximum Gasteiger partial charge on any atom is 0.209 e. The third kappa shape index (κ3) is 3.35. The number of nitrogens with zero attached hydrogens (tertiary/aromatic N) is 2. The quantitative estimate of drug-likeness (QED) is 0.934. The molecule has 118 valence electrons. The first-order valence-electron chi connectivity index (χ1n) is 7.74. The average molecular weight is 321 g/mol. The monoisotopic (exact) mass is 320 g/mol. The SMILES string of the molecule is Cc1nc(CN2CCCCC2CO)oc1-c1ccc(Cl)cc1. The number of halogens is 1. The number of aryl methyl sites for hydroxylation is 1. The van der Waals surface area contributed by atoms with E-state index in [1.54, 1.807) is 0 Å². The van der Waals surface area contributed by atoms with E-state index in [1.165, 1.54) is 12.8 Å². The molecule has 1 atom stereocenters. The molecule has 1 aromatic heterocycles. The third-order valence-corrected chi connectivity index (χ3v) is 4.50. The fraction of sp³-hybridized carbons (Fsp3) is 0.471. The lowest BCUT2D eigenvalue weighted by Crippen LogP contribution is -2.41. The van der Waals surface area contributed by atoms with Crippen LogP contribution in [0.15, 0.2) is 28.7 Å². The molecule has 5 heteroatoms. The van der Waals surface area contributed by atoms with Gasteiger partial charge in [0.2, 0.25) is 5.89 Å². The van der Waals surface area contributed by atoms with Gasteiger partial charge in [-0.1, -0.05) is 18.0 Å². The van der Waals surface area contributed by atoms with Crippen LogP contribution in [0.1, 0.15) is 30.8 Å². The lowest BCUT2D eigenvalue weighted by Gasteiger charge is -2.33. The summed E-state index contributed by atoms with van der Waals surface area (Å²) in [6.07, 6.45) is 3.39. The molecule has 0 bridgehead atoms. The van der Waals surface area contributed by atoms with Crippen molar-refractivity contribution in [2.75, 3.05) is 13.2 Å². The summed E-state index contributed by atoms with van der Waals surface area (Å²) in [6, 6.07) is 7.81. The molecule has 0 saturated carbocycles. The zero-order valence-electron chi connectivity index (χ0n) is 12.8. The number of rotatable bonds is 4. The second-order valence-electron chi connectivity index (χ2n) is 5.83. The van der Waals surface area contributed by atoms with Crippen LogP contribution < -0.4 is 0 Å². The van der Waals surface area contributed by atoms with E-state index in [0.29, 0.717) is 17.5 Å². The van der Waals surface area contributed by atoms with Crippen molar-refractivity contribution in [2.45, 2.75) is 38.8 Å². The summed E-state index contributed by atoms with van der Waals surface area (Å²) in [7, 11) is 0. The van der Waals surface area contributed by atoms with Crippen molar-refractivity contribution in [1.82, 2.24) is 9.88 Å². The molecule has 2 heterocycles. The van der Waals surface area contributed by atoms with Crippen molar-refractivity contribution in [3.05, 3.63) is 40.9 Å². The van der Waals surface area contributed by atoms with Crippen LogP contribution in [0.3, 0.4) is 0 Å². The Morgan fingerprint density at radius 3 is 2.82 bits per heavy atom. The molecule has 1 N–H and O–H groups in total. The maximum atomic E-state index is 9.50. The molecule has 22 heavy (non-hydrogen) atoms. The Bertz CT molecular complexity index is 624. The molecule has 0 spiro atoms. The van der Waals surface area contributed by atoms with Gasteiger partial charge in [0, 0.05) is 16.6 Å². The van der Waals surface area contributed by atoms with Gasteiger partial charge in [0.15, 0.2) is 5.76 Å². The van der Waals surface area contributed by atoms with Crippen LogP contribution in [-0.4, -0.2) is 34.2 Å². The van der Waals surface area contributed by atoms with Gasteiger partial charge in [0.25, 0.3) is 0 Å². The third-order valence-electron chi connectivity index (χ3n) is 4.25. The highest BCUT2D eigenvalue weighted by Crippen LogP contribution is 2.27. The summed E-state index contributed by atoms with van der Waals surface area (Å²) in [6.45, 7) is 3.79. The highest BCUT2D eigenvalue weighted by atomic mass is 35.5. The van der Waals surface area contributed by atoms with Crippen molar-refractivity contribution >= 4 is 11.6 Å². The molecular formula is C17H21ClN2O2. The summed E-state index contributed by atoms with van der Waals surface area (Å²) in [5.74, 6) is 1.51. The number of oxazole rings is 1. The first-order chi connectivity index (χ1) is 10.7. The fourth-order valence-electron chi connectivity index (χ4n) is 3.04. The smallest absolute Gasteiger partial charge is 0.209 e. The predicted octanol–water partition coefficient (Wildman–Crippen LogP) is 3.65. The molecule has 1 aliphatic heterocycles. The zero-order valence-corrected chi connectivity index (χ0v) is 13.5. The van der Waals surface area contributed by atoms with E-state index < -0.39 is 0 Å². The van der Waals surface area contributed by atoms with Gasteiger partial charge in [0.05, 0.1) is 18.8 Å². The number of aliphatic hydroxyl groups is 1. The topological polar surface area (TPSA) is 49.5 Å². The van der Waals surface area contributed by atoms with Crippen molar-refractivity contribution in [3.63, 3.8) is 0 Å². The van der Waals surface area contributed by atoms with Crippen LogP contribution in [0, 0.1) is 6.92 Å². The molecular weight excluding hydrogens is 300 g/mol. The van der Waals surface area contributed by atoms with Crippen LogP contribution in [0.2, 0.25) is 5.02 Å². The minimum atomic E-state index is 0.198. The van der Waals surface area contributed by atoms with Gasteiger partial charge in [-0.05, 0) is 50.6 Å². The zero-order chi connectivity index (χ0) is 15.5. The average Bonchev–Trinajstić information content (AvgIpc) is 2.89. The highest BCUT2D eigenvalue weighted by Gasteiger charge is 2.24. The molecule has 1 aliphatic rings. The van der Waals surface area contributed by atoms with E-state index in [2.05, 4.69) is 9.88 Å². The lowest BCUT2D eigenvalue weighted by atomic mass is 10.0. The number of hydrogen-bond acceptors (Lipinski definition) is 4. The van der Waals surface area contributed by atoms with Crippen LogP contribution >= 0.6 is 11.6 Å². The van der Waals surface area contributed by atoms with E-state index in [1.807, 2.05) is 31.2 Å². The summed E-state index contributed by atoms with van der Waals surface area (Å²) in [5.41, 5.74) is 1.87. The Balaban J connectivity index is 1.78. The molecule has 0 amide bonds. The van der Waals surface area contributed by atoms with Crippen LogP contribution in [0.4, 0.5) is 0 Å². The van der Waals surface area contributed by atoms with E-state index in [4.69, 9.17) is 16.0 Å². The van der Waals surface area contributed by atoms with Crippen molar-refractivity contribution in [1.29, 1.82) is 0 Å². The molecule has 0 radical (unpaired) electrons. The van der Waals surface area contributed by atoms with E-state index in [-0.39, 0.29) is 12.6 Å². The van der Waals surface area contributed by atoms with E-state index in [9.17, 15) is 5.11 Å². The fourth-order valence-corrected chi connectivity index (χ4v) is 3.16. The summed E-state index contributed by atoms with van der Waals surface area (Å²) >= 11 is 5.93. The molecule has 1 aromatic carbocycles. The van der Waals surface area contributed by atoms with Gasteiger partial charge in [-0.25, -0.2) is 4.98 Å². The lowest BCUT2D eigenvalue weighted by molar-refractivity contribution is 0.0770. The maximum absolute atomic E-state index is 9.50. The first kappa shape index (κ1) is 15.5.